The first kappa shape index (κ1) is 319. The number of hydrogen-bond acceptors (Lipinski definition) is 0. The fourth-order valence-corrected chi connectivity index (χ4v) is 0. The second-order valence-electron chi connectivity index (χ2n) is 0. The molecule has 0 aromatic rings. The Labute approximate surface area is 177 Å². The summed E-state index contributed by atoms with van der Waals surface area (Å²) in [6.07, 6.45) is 0. The SMILES string of the molecule is O.O.O.O.O.O.O.O.O.[Zr].[Zr].[Zr].[Zr].[Zr]. The number of hydrogen-bond donors (Lipinski definition) is 0. The Morgan fingerprint density at radius 1 is 0.143 bits per heavy atom. The molecule has 0 aliphatic carbocycles. The Kier molecular flexibility index (Phi) is 6100. The summed E-state index contributed by atoms with van der Waals surface area (Å²) in [7, 11) is 0. The van der Waals surface area contributed by atoms with Gasteiger partial charge in [0.1, 0.15) is 0 Å². The molecule has 14 heavy (non-hydrogen) atoms. The van der Waals surface area contributed by atoms with Crippen molar-refractivity contribution in [2.45, 2.75) is 0 Å². The first-order valence-corrected chi connectivity index (χ1v) is 0. The van der Waals surface area contributed by atoms with Crippen molar-refractivity contribution >= 4 is 0 Å². The summed E-state index contributed by atoms with van der Waals surface area (Å²) in [4.78, 5) is 0. The maximum atomic E-state index is 0. The topological polar surface area (TPSA) is 284 Å². The predicted octanol–water partition coefficient (Wildman–Crippen LogP) is -7.43. The summed E-state index contributed by atoms with van der Waals surface area (Å²) < 4.78 is 0. The molecule has 0 radical (unpaired) electrons. The third-order valence-electron chi connectivity index (χ3n) is 0. The third-order valence-corrected chi connectivity index (χ3v) is 0. The average molecular weight is 618 g/mol. The summed E-state index contributed by atoms with van der Waals surface area (Å²) >= 11 is 0. The summed E-state index contributed by atoms with van der Waals surface area (Å²) in [6.45, 7) is 0. The van der Waals surface area contributed by atoms with Crippen molar-refractivity contribution in [3.8, 4) is 0 Å². The molecular formula is H18O9Zr5. The zero-order chi connectivity index (χ0) is 0. The summed E-state index contributed by atoms with van der Waals surface area (Å²) in [6, 6.07) is 0. The average Bonchev–Trinajstić information content (AvgIpc) is 0. The fourth-order valence-electron chi connectivity index (χ4n) is 0. The third kappa shape index (κ3) is 221. The molecule has 92 valence electrons. The smallest absolute Gasteiger partial charge is 0 e. The van der Waals surface area contributed by atoms with Gasteiger partial charge in [-0.2, -0.15) is 0 Å². The molecule has 14 heteroatoms. The minimum absolute atomic E-state index is 0. The van der Waals surface area contributed by atoms with Gasteiger partial charge in [-0.3, -0.25) is 0 Å². The van der Waals surface area contributed by atoms with Gasteiger partial charge >= 0.3 is 0 Å². The van der Waals surface area contributed by atoms with Crippen LogP contribution in [0.4, 0.5) is 0 Å². The van der Waals surface area contributed by atoms with Crippen molar-refractivity contribution in [3.63, 3.8) is 0 Å². The number of rotatable bonds is 0. The molecule has 0 aliphatic heterocycles. The van der Waals surface area contributed by atoms with Gasteiger partial charge in [0, 0.05) is 131 Å². The van der Waals surface area contributed by atoms with E-state index in [4.69, 9.17) is 0 Å². The Balaban J connectivity index is 0. The second kappa shape index (κ2) is 267. The van der Waals surface area contributed by atoms with E-state index >= 15 is 0 Å². The van der Waals surface area contributed by atoms with Gasteiger partial charge in [0.2, 0.25) is 0 Å². The van der Waals surface area contributed by atoms with Crippen LogP contribution in [0, 0.1) is 0 Å². The molecule has 0 aromatic carbocycles. The zero-order valence-electron chi connectivity index (χ0n) is 7.00. The Morgan fingerprint density at radius 2 is 0.143 bits per heavy atom. The molecule has 0 atom stereocenters. The van der Waals surface area contributed by atoms with Gasteiger partial charge < -0.3 is 49.3 Å². The quantitative estimate of drug-likeness (QED) is 0.245. The molecule has 18 N–H and O–H groups in total. The maximum Gasteiger partial charge on any atom is 0 e. The van der Waals surface area contributed by atoms with Gasteiger partial charge in [0.25, 0.3) is 0 Å². The summed E-state index contributed by atoms with van der Waals surface area (Å²) in [5.41, 5.74) is 0. The van der Waals surface area contributed by atoms with E-state index in [1.54, 1.807) is 0 Å². The van der Waals surface area contributed by atoms with E-state index in [2.05, 4.69) is 0 Å². The van der Waals surface area contributed by atoms with E-state index in [0.29, 0.717) is 0 Å². The first-order valence-electron chi connectivity index (χ1n) is 0. The molecule has 0 aromatic heterocycles. The summed E-state index contributed by atoms with van der Waals surface area (Å²) in [5, 5.41) is 0. The van der Waals surface area contributed by atoms with Crippen LogP contribution >= 0.6 is 0 Å². The van der Waals surface area contributed by atoms with E-state index < -0.39 is 0 Å². The van der Waals surface area contributed by atoms with Crippen LogP contribution in [0.5, 0.6) is 0 Å². The van der Waals surface area contributed by atoms with Crippen molar-refractivity contribution in [2.24, 2.45) is 0 Å². The van der Waals surface area contributed by atoms with Crippen molar-refractivity contribution < 1.29 is 180 Å². The van der Waals surface area contributed by atoms with Crippen LogP contribution < -0.4 is 0 Å². The van der Waals surface area contributed by atoms with E-state index in [9.17, 15) is 0 Å². The van der Waals surface area contributed by atoms with Gasteiger partial charge in [-0.25, -0.2) is 0 Å². The van der Waals surface area contributed by atoms with Crippen molar-refractivity contribution in [1.29, 1.82) is 0 Å². The van der Waals surface area contributed by atoms with Gasteiger partial charge in [0.15, 0.2) is 0 Å². The van der Waals surface area contributed by atoms with Crippen LogP contribution in [0.15, 0.2) is 0 Å². The molecule has 0 unspecified atom stereocenters. The molecule has 0 rings (SSSR count). The van der Waals surface area contributed by atoms with Crippen LogP contribution in [0.1, 0.15) is 0 Å². The molecular weight excluding hydrogens is 600 g/mol. The van der Waals surface area contributed by atoms with Crippen LogP contribution in [0.3, 0.4) is 0 Å². The maximum absolute atomic E-state index is 0. The van der Waals surface area contributed by atoms with Crippen molar-refractivity contribution in [2.75, 3.05) is 0 Å². The van der Waals surface area contributed by atoms with Gasteiger partial charge in [-0.1, -0.05) is 0 Å². The molecule has 0 bridgehead atoms. The Morgan fingerprint density at radius 3 is 0.143 bits per heavy atom. The minimum Gasteiger partial charge on any atom is -0.412 e. The molecule has 0 saturated heterocycles. The molecule has 0 spiro atoms. The zero-order valence-corrected chi connectivity index (χ0v) is 19.3. The molecule has 0 heterocycles. The summed E-state index contributed by atoms with van der Waals surface area (Å²) in [5.74, 6) is 0. The van der Waals surface area contributed by atoms with E-state index in [0.717, 1.165) is 0 Å². The molecule has 0 saturated carbocycles. The van der Waals surface area contributed by atoms with Crippen LogP contribution in [0.25, 0.3) is 0 Å². The Bertz CT molecular complexity index is 13.2. The molecule has 0 aliphatic rings. The largest absolute Gasteiger partial charge is 0.412 e. The predicted molar refractivity (Wildman–Crippen MR) is 32.5 cm³/mol. The second-order valence-corrected chi connectivity index (χ2v) is 0. The first-order chi connectivity index (χ1) is 0. The van der Waals surface area contributed by atoms with Crippen LogP contribution in [-0.4, -0.2) is 49.3 Å². The van der Waals surface area contributed by atoms with E-state index in [1.807, 2.05) is 0 Å². The monoisotopic (exact) mass is 612 g/mol. The van der Waals surface area contributed by atoms with Gasteiger partial charge in [0.05, 0.1) is 0 Å². The van der Waals surface area contributed by atoms with E-state index in [-0.39, 0.29) is 180 Å². The standard InChI is InChI=1S/9H2O.5Zr/h9*1H2;;;;;. The van der Waals surface area contributed by atoms with Crippen molar-refractivity contribution in [3.05, 3.63) is 0 Å². The van der Waals surface area contributed by atoms with Gasteiger partial charge in [-0.05, 0) is 0 Å². The minimum atomic E-state index is 0. The Hall–Kier alpha value is 4.06. The van der Waals surface area contributed by atoms with Crippen molar-refractivity contribution in [1.82, 2.24) is 0 Å². The van der Waals surface area contributed by atoms with Crippen LogP contribution in [0.2, 0.25) is 0 Å². The molecule has 0 fully saturated rings. The van der Waals surface area contributed by atoms with Gasteiger partial charge in [-0.15, -0.1) is 0 Å². The van der Waals surface area contributed by atoms with Crippen LogP contribution in [-0.2, 0) is 131 Å². The van der Waals surface area contributed by atoms with E-state index in [1.165, 1.54) is 0 Å². The normalized spacial score (nSPS) is 0. The molecule has 9 nitrogen and oxygen atoms in total. The molecule has 0 amide bonds. The fraction of sp³-hybridized carbons (Fsp3) is 0.